The molecule has 1 aromatic carbocycles. The minimum Gasteiger partial charge on any atom is -0.465 e. The van der Waals surface area contributed by atoms with Crippen molar-refractivity contribution in [3.63, 3.8) is 0 Å². The highest BCUT2D eigenvalue weighted by Crippen LogP contribution is 2.27. The summed E-state index contributed by atoms with van der Waals surface area (Å²) in [6, 6.07) is 10.4. The van der Waals surface area contributed by atoms with E-state index < -0.39 is 0 Å². The second kappa shape index (κ2) is 15.7. The largest absolute Gasteiger partial charge is 0.465 e. The summed E-state index contributed by atoms with van der Waals surface area (Å²) in [5, 5.41) is 0. The number of carbonyl (C=O) groups is 1. The van der Waals surface area contributed by atoms with Gasteiger partial charge in [0.15, 0.2) is 0 Å². The molecule has 0 spiro atoms. The van der Waals surface area contributed by atoms with E-state index in [0.717, 1.165) is 71.4 Å². The van der Waals surface area contributed by atoms with Gasteiger partial charge in [0.05, 0.1) is 18.6 Å². The summed E-state index contributed by atoms with van der Waals surface area (Å²) in [5.74, 6) is 0.00274. The van der Waals surface area contributed by atoms with E-state index in [0.29, 0.717) is 6.61 Å². The van der Waals surface area contributed by atoms with Crippen LogP contribution in [0.2, 0.25) is 0 Å². The predicted octanol–water partition coefficient (Wildman–Crippen LogP) is 4.30. The molecule has 0 amide bonds. The monoisotopic (exact) mass is 472 g/mol. The molecule has 1 saturated carbocycles. The summed E-state index contributed by atoms with van der Waals surface area (Å²) in [4.78, 5) is 17.2. The fourth-order valence-corrected chi connectivity index (χ4v) is 4.25. The number of hydrogen-bond acceptors (Lipinski definition) is 5. The number of hydrogen-bond donors (Lipinski definition) is 0. The van der Waals surface area contributed by atoms with Gasteiger partial charge < -0.3 is 14.4 Å². The molecule has 2 unspecified atom stereocenters. The highest BCUT2D eigenvalue weighted by molar-refractivity contribution is 5.85. The Bertz CT molecular complexity index is 637. The molecule has 1 aliphatic heterocycles. The highest BCUT2D eigenvalue weighted by Gasteiger charge is 2.28. The normalized spacial score (nSPS) is 22.5. The van der Waals surface area contributed by atoms with Crippen molar-refractivity contribution in [2.45, 2.75) is 38.2 Å². The number of carbonyl (C=O) groups excluding carboxylic acids is 1. The maximum atomic E-state index is 12.3. The third-order valence-electron chi connectivity index (χ3n) is 6.09. The Balaban J connectivity index is 0.00000240. The van der Waals surface area contributed by atoms with Crippen LogP contribution in [0.4, 0.5) is 0 Å². The lowest BCUT2D eigenvalue weighted by Gasteiger charge is -2.34. The Morgan fingerprint density at radius 1 is 1.06 bits per heavy atom. The van der Waals surface area contributed by atoms with Crippen LogP contribution in [0.1, 0.15) is 37.7 Å². The number of ether oxygens (including phenoxy) is 2. The van der Waals surface area contributed by atoms with Crippen LogP contribution < -0.4 is 0 Å². The van der Waals surface area contributed by atoms with Crippen LogP contribution in [0.3, 0.4) is 0 Å². The summed E-state index contributed by atoms with van der Waals surface area (Å²) >= 11 is 0. The third-order valence-corrected chi connectivity index (χ3v) is 6.09. The summed E-state index contributed by atoms with van der Waals surface area (Å²) < 4.78 is 11.0. The maximum absolute atomic E-state index is 12.3. The molecule has 5 nitrogen and oxygen atoms in total. The molecule has 3 rings (SSSR count). The number of piperazine rings is 1. The van der Waals surface area contributed by atoms with Gasteiger partial charge >= 0.3 is 5.97 Å². The molecule has 1 aliphatic carbocycles. The second-order valence-corrected chi connectivity index (χ2v) is 8.20. The third kappa shape index (κ3) is 9.92. The molecule has 2 fully saturated rings. The zero-order chi connectivity index (χ0) is 20.3. The Kier molecular flexibility index (Phi) is 14.1. The number of esters is 1. The van der Waals surface area contributed by atoms with Crippen LogP contribution >= 0.6 is 24.8 Å². The molecule has 0 bridgehead atoms. The van der Waals surface area contributed by atoms with Crippen molar-refractivity contribution in [1.29, 1.82) is 0 Å². The minimum absolute atomic E-state index is 0. The van der Waals surface area contributed by atoms with Gasteiger partial charge in [-0.25, -0.2) is 0 Å². The summed E-state index contributed by atoms with van der Waals surface area (Å²) in [6.45, 7) is 6.92. The molecular weight excluding hydrogens is 435 g/mol. The number of benzene rings is 1. The van der Waals surface area contributed by atoms with Crippen LogP contribution in [0, 0.1) is 5.92 Å². The van der Waals surface area contributed by atoms with Crippen molar-refractivity contribution >= 4 is 36.9 Å². The van der Waals surface area contributed by atoms with E-state index in [9.17, 15) is 4.79 Å². The molecule has 0 aromatic heterocycles. The Morgan fingerprint density at radius 2 is 1.77 bits per heavy atom. The van der Waals surface area contributed by atoms with Gasteiger partial charge in [-0.15, -0.1) is 24.8 Å². The van der Waals surface area contributed by atoms with E-state index in [1.807, 2.05) is 6.07 Å². The Morgan fingerprint density at radius 3 is 2.48 bits per heavy atom. The Hall–Kier alpha value is -1.11. The van der Waals surface area contributed by atoms with E-state index in [4.69, 9.17) is 9.47 Å². The first-order valence-corrected chi connectivity index (χ1v) is 11.1. The molecule has 2 aliphatic rings. The van der Waals surface area contributed by atoms with E-state index in [-0.39, 0.29) is 42.8 Å². The van der Waals surface area contributed by atoms with E-state index >= 15 is 0 Å². The minimum atomic E-state index is -0.0261. The molecule has 7 heteroatoms. The number of halogens is 2. The van der Waals surface area contributed by atoms with Gasteiger partial charge in [0.25, 0.3) is 0 Å². The molecular formula is C24H38Cl2N2O3. The fraction of sp³-hybridized carbons (Fsp3) is 0.625. The molecule has 176 valence electrons. The number of methoxy groups -OCH3 is 1. The average Bonchev–Trinajstić information content (AvgIpc) is 2.78. The molecule has 31 heavy (non-hydrogen) atoms. The van der Waals surface area contributed by atoms with Gasteiger partial charge in [-0.05, 0) is 31.2 Å². The first-order valence-electron chi connectivity index (χ1n) is 11.1. The highest BCUT2D eigenvalue weighted by atomic mass is 35.5. The van der Waals surface area contributed by atoms with Gasteiger partial charge in [0, 0.05) is 46.4 Å². The van der Waals surface area contributed by atoms with Crippen LogP contribution in [0.5, 0.6) is 0 Å². The summed E-state index contributed by atoms with van der Waals surface area (Å²) in [5.41, 5.74) is 1.26. The van der Waals surface area contributed by atoms with Crippen molar-refractivity contribution in [2.24, 2.45) is 5.92 Å². The zero-order valence-electron chi connectivity index (χ0n) is 18.6. The predicted molar refractivity (Wildman–Crippen MR) is 131 cm³/mol. The van der Waals surface area contributed by atoms with Crippen LogP contribution in [-0.2, 0) is 14.3 Å². The van der Waals surface area contributed by atoms with Crippen LogP contribution in [0.15, 0.2) is 36.4 Å². The lowest BCUT2D eigenvalue weighted by atomic mass is 9.87. The van der Waals surface area contributed by atoms with Gasteiger partial charge in [0.1, 0.15) is 0 Å². The lowest BCUT2D eigenvalue weighted by molar-refractivity contribution is -0.151. The van der Waals surface area contributed by atoms with Crippen molar-refractivity contribution in [3.05, 3.63) is 42.0 Å². The first-order chi connectivity index (χ1) is 14.2. The Labute approximate surface area is 200 Å². The maximum Gasteiger partial charge on any atom is 0.309 e. The van der Waals surface area contributed by atoms with Gasteiger partial charge in [0.2, 0.25) is 0 Å². The number of rotatable bonds is 9. The molecule has 1 aromatic rings. The zero-order valence-corrected chi connectivity index (χ0v) is 20.3. The molecule has 0 radical (unpaired) electrons. The molecule has 1 saturated heterocycles. The van der Waals surface area contributed by atoms with E-state index in [2.05, 4.69) is 46.2 Å². The van der Waals surface area contributed by atoms with Crippen molar-refractivity contribution < 1.29 is 14.3 Å². The quantitative estimate of drug-likeness (QED) is 0.395. The molecule has 0 N–H and O–H groups in total. The van der Waals surface area contributed by atoms with Crippen LogP contribution in [0.25, 0.3) is 6.08 Å². The van der Waals surface area contributed by atoms with Crippen molar-refractivity contribution in [1.82, 2.24) is 9.80 Å². The second-order valence-electron chi connectivity index (χ2n) is 8.20. The van der Waals surface area contributed by atoms with E-state index in [1.54, 1.807) is 7.11 Å². The van der Waals surface area contributed by atoms with Gasteiger partial charge in [-0.1, -0.05) is 48.9 Å². The summed E-state index contributed by atoms with van der Waals surface area (Å²) in [7, 11) is 1.73. The lowest BCUT2D eigenvalue weighted by Crippen LogP contribution is -2.46. The van der Waals surface area contributed by atoms with Gasteiger partial charge in [-0.2, -0.15) is 0 Å². The molecule has 1 heterocycles. The summed E-state index contributed by atoms with van der Waals surface area (Å²) in [6.07, 6.45) is 9.47. The van der Waals surface area contributed by atoms with E-state index in [1.165, 1.54) is 5.56 Å². The SMILES string of the molecule is COC1CCCC(C(=O)OCCCN2CCN(C/C=C/c3ccccc3)CC2)C1.Cl.Cl. The average molecular weight is 473 g/mol. The molecule has 2 atom stereocenters. The topological polar surface area (TPSA) is 42.0 Å². The van der Waals surface area contributed by atoms with Gasteiger partial charge in [-0.3, -0.25) is 9.69 Å². The smallest absolute Gasteiger partial charge is 0.309 e. The van der Waals surface area contributed by atoms with Crippen molar-refractivity contribution in [2.75, 3.05) is 53.0 Å². The van der Waals surface area contributed by atoms with Crippen LogP contribution in [-0.4, -0.2) is 74.9 Å². The first kappa shape index (κ1) is 27.9. The van der Waals surface area contributed by atoms with Crippen molar-refractivity contribution in [3.8, 4) is 0 Å². The fourth-order valence-electron chi connectivity index (χ4n) is 4.25. The standard InChI is InChI=1S/C24H36N2O3.2ClH/c1-28-23-12-5-11-22(20-23)24(27)29-19-7-14-26-17-15-25(16-18-26)13-6-10-21-8-3-2-4-9-21;;/h2-4,6,8-10,22-23H,5,7,11-20H2,1H3;2*1H/b10-6+;;. The number of nitrogens with zero attached hydrogens (tertiary/aromatic N) is 2.